The van der Waals surface area contributed by atoms with Crippen LogP contribution in [-0.2, 0) is 16.8 Å². The number of aliphatic imine (C=N–C) groups is 2. The number of aromatic nitrogens is 1. The molecule has 1 aromatic carbocycles. The van der Waals surface area contributed by atoms with Crippen molar-refractivity contribution in [2.75, 3.05) is 0 Å². The van der Waals surface area contributed by atoms with Crippen molar-refractivity contribution in [3.05, 3.63) is 57.1 Å². The van der Waals surface area contributed by atoms with Gasteiger partial charge in [-0.25, -0.2) is 19.4 Å². The summed E-state index contributed by atoms with van der Waals surface area (Å²) in [4.78, 5) is 12.6. The Hall–Kier alpha value is -2.59. The molecule has 31 heavy (non-hydrogen) atoms. The molecule has 6 nitrogen and oxygen atoms in total. The van der Waals surface area contributed by atoms with Gasteiger partial charge in [-0.15, -0.1) is 0 Å². The van der Waals surface area contributed by atoms with Gasteiger partial charge in [0.2, 0.25) is 0 Å². The second-order valence-corrected chi connectivity index (χ2v) is 8.18. The standard InChI is InChI=1S/C19H15Cl2F4N5O/c1-18(5-14(19(23,24)25)31-17(26)30-18)10-4-13-8(2-12(10)22)6-28-16(29-13)15-11(21)3-9(20)7-27-15/h2-4,7,14H,5-6H2,1H3,(H2,26,30)(H,28,29)/t14-,18-/m0/s1. The van der Waals surface area contributed by atoms with Crippen LogP contribution < -0.4 is 11.1 Å². The SMILES string of the molecule is C[C@@]1(c2cc3c(cc2F)CNC(c2ncc(Cl)cc2Cl)=N3)C[C@@H](C(F)(F)F)OC(N)=N1. The summed E-state index contributed by atoms with van der Waals surface area (Å²) in [6.45, 7) is 1.58. The number of nitrogens with two attached hydrogens (primary N) is 1. The summed E-state index contributed by atoms with van der Waals surface area (Å²) in [6.07, 6.45) is -6.12. The maximum Gasteiger partial charge on any atom is 0.425 e. The van der Waals surface area contributed by atoms with Gasteiger partial charge in [-0.1, -0.05) is 23.2 Å². The maximum atomic E-state index is 14.9. The minimum absolute atomic E-state index is 0.0769. The molecule has 2 aliphatic heterocycles. The van der Waals surface area contributed by atoms with Gasteiger partial charge in [-0.05, 0) is 30.7 Å². The van der Waals surface area contributed by atoms with E-state index in [0.29, 0.717) is 27.8 Å². The van der Waals surface area contributed by atoms with Gasteiger partial charge >= 0.3 is 6.18 Å². The van der Waals surface area contributed by atoms with Crippen LogP contribution in [0.15, 0.2) is 34.4 Å². The van der Waals surface area contributed by atoms with Crippen LogP contribution in [0.3, 0.4) is 0 Å². The average Bonchev–Trinajstić information content (AvgIpc) is 2.66. The van der Waals surface area contributed by atoms with Gasteiger partial charge in [-0.3, -0.25) is 0 Å². The molecular weight excluding hydrogens is 461 g/mol. The second kappa shape index (κ2) is 7.52. The Kier molecular flexibility index (Phi) is 5.25. The van der Waals surface area contributed by atoms with Gasteiger partial charge in [-0.2, -0.15) is 13.2 Å². The van der Waals surface area contributed by atoms with Crippen molar-refractivity contribution in [2.45, 2.75) is 37.7 Å². The Bertz CT molecular complexity index is 1120. The Balaban J connectivity index is 1.78. The number of ether oxygens (including phenoxy) is 1. The van der Waals surface area contributed by atoms with Crippen LogP contribution in [0.2, 0.25) is 10.0 Å². The first-order chi connectivity index (χ1) is 14.5. The number of pyridine rings is 1. The Labute approximate surface area is 184 Å². The lowest BCUT2D eigenvalue weighted by atomic mass is 9.84. The normalized spacial score (nSPS) is 23.3. The minimum atomic E-state index is -4.68. The first-order valence-corrected chi connectivity index (χ1v) is 9.77. The monoisotopic (exact) mass is 475 g/mol. The number of nitrogens with one attached hydrogen (secondary N) is 1. The number of hydrogen-bond acceptors (Lipinski definition) is 6. The van der Waals surface area contributed by atoms with E-state index in [1.807, 2.05) is 0 Å². The van der Waals surface area contributed by atoms with Crippen LogP contribution in [0.1, 0.15) is 30.2 Å². The zero-order valence-electron chi connectivity index (χ0n) is 15.9. The molecule has 0 radical (unpaired) electrons. The van der Waals surface area contributed by atoms with Crippen molar-refractivity contribution in [2.24, 2.45) is 15.7 Å². The fourth-order valence-electron chi connectivity index (χ4n) is 3.54. The number of amidine groups is 2. The molecule has 1 aromatic heterocycles. The van der Waals surface area contributed by atoms with Crippen molar-refractivity contribution in [1.29, 1.82) is 0 Å². The van der Waals surface area contributed by atoms with Crippen LogP contribution in [0.5, 0.6) is 0 Å². The number of rotatable bonds is 2. The van der Waals surface area contributed by atoms with Crippen molar-refractivity contribution in [1.82, 2.24) is 10.3 Å². The zero-order chi connectivity index (χ0) is 22.6. The summed E-state index contributed by atoms with van der Waals surface area (Å²) in [7, 11) is 0. The minimum Gasteiger partial charge on any atom is -0.452 e. The smallest absolute Gasteiger partial charge is 0.425 e. The van der Waals surface area contributed by atoms with Gasteiger partial charge in [0.25, 0.3) is 6.02 Å². The number of fused-ring (bicyclic) bond motifs is 1. The quantitative estimate of drug-likeness (QED) is 0.622. The number of nitrogens with zero attached hydrogens (tertiary/aromatic N) is 3. The number of hydrogen-bond donors (Lipinski definition) is 2. The molecule has 0 bridgehead atoms. The molecule has 0 unspecified atom stereocenters. The van der Waals surface area contributed by atoms with Crippen LogP contribution in [0.25, 0.3) is 0 Å². The zero-order valence-corrected chi connectivity index (χ0v) is 17.4. The molecule has 0 saturated heterocycles. The molecule has 0 fully saturated rings. The van der Waals surface area contributed by atoms with E-state index in [0.717, 1.165) is 0 Å². The molecule has 164 valence electrons. The summed E-state index contributed by atoms with van der Waals surface area (Å²) in [5.41, 5.74) is 5.00. The van der Waals surface area contributed by atoms with Crippen molar-refractivity contribution < 1.29 is 22.3 Å². The van der Waals surface area contributed by atoms with E-state index < -0.39 is 36.1 Å². The Morgan fingerprint density at radius 1 is 1.26 bits per heavy atom. The molecule has 0 amide bonds. The Morgan fingerprint density at radius 2 is 2.00 bits per heavy atom. The maximum absolute atomic E-state index is 14.9. The van der Waals surface area contributed by atoms with Crippen LogP contribution in [-0.4, -0.2) is 29.1 Å². The molecule has 2 atom stereocenters. The molecule has 2 aromatic rings. The predicted molar refractivity (Wildman–Crippen MR) is 108 cm³/mol. The van der Waals surface area contributed by atoms with E-state index in [9.17, 15) is 17.6 Å². The molecule has 0 spiro atoms. The molecule has 0 saturated carbocycles. The molecule has 4 rings (SSSR count). The summed E-state index contributed by atoms with van der Waals surface area (Å²) in [5, 5.41) is 3.60. The lowest BCUT2D eigenvalue weighted by Gasteiger charge is -2.36. The lowest BCUT2D eigenvalue weighted by Crippen LogP contribution is -2.46. The largest absolute Gasteiger partial charge is 0.452 e. The topological polar surface area (TPSA) is 84.9 Å². The Morgan fingerprint density at radius 3 is 2.68 bits per heavy atom. The summed E-state index contributed by atoms with van der Waals surface area (Å²) in [6, 6.07) is 3.42. The molecule has 3 heterocycles. The highest BCUT2D eigenvalue weighted by molar-refractivity contribution is 6.36. The highest BCUT2D eigenvalue weighted by atomic mass is 35.5. The molecule has 0 aliphatic carbocycles. The third-order valence-electron chi connectivity index (χ3n) is 5.03. The number of alkyl halides is 3. The van der Waals surface area contributed by atoms with Crippen molar-refractivity contribution in [3.8, 4) is 0 Å². The number of benzene rings is 1. The van der Waals surface area contributed by atoms with Crippen LogP contribution in [0, 0.1) is 5.82 Å². The van der Waals surface area contributed by atoms with E-state index in [-0.39, 0.29) is 17.1 Å². The highest BCUT2D eigenvalue weighted by Crippen LogP contribution is 2.42. The van der Waals surface area contributed by atoms with Gasteiger partial charge in [0.15, 0.2) is 11.9 Å². The fraction of sp³-hybridized carbons (Fsp3) is 0.316. The lowest BCUT2D eigenvalue weighted by molar-refractivity contribution is -0.208. The number of halogens is 6. The van der Waals surface area contributed by atoms with E-state index in [4.69, 9.17) is 28.9 Å². The van der Waals surface area contributed by atoms with E-state index in [1.54, 1.807) is 0 Å². The van der Waals surface area contributed by atoms with Gasteiger partial charge in [0, 0.05) is 24.7 Å². The van der Waals surface area contributed by atoms with Crippen LogP contribution >= 0.6 is 23.2 Å². The van der Waals surface area contributed by atoms with Gasteiger partial charge in [0.1, 0.15) is 11.5 Å². The van der Waals surface area contributed by atoms with Crippen molar-refractivity contribution in [3.63, 3.8) is 0 Å². The predicted octanol–water partition coefficient (Wildman–Crippen LogP) is 4.59. The fourth-order valence-corrected chi connectivity index (χ4v) is 4.01. The summed E-state index contributed by atoms with van der Waals surface area (Å²) in [5.74, 6) is -0.399. The molecule has 2 aliphatic rings. The van der Waals surface area contributed by atoms with Gasteiger partial charge < -0.3 is 15.8 Å². The third kappa shape index (κ3) is 4.14. The molecule has 3 N–H and O–H groups in total. The summed E-state index contributed by atoms with van der Waals surface area (Å²) >= 11 is 12.1. The van der Waals surface area contributed by atoms with E-state index in [2.05, 4.69) is 25.0 Å². The molecular formula is C19H15Cl2F4N5O. The highest BCUT2D eigenvalue weighted by Gasteiger charge is 2.50. The van der Waals surface area contributed by atoms with Crippen LogP contribution in [0.4, 0.5) is 23.2 Å². The van der Waals surface area contributed by atoms with E-state index >= 15 is 0 Å². The van der Waals surface area contributed by atoms with E-state index in [1.165, 1.54) is 31.3 Å². The van der Waals surface area contributed by atoms with Gasteiger partial charge in [0.05, 0.1) is 21.3 Å². The summed E-state index contributed by atoms with van der Waals surface area (Å²) < 4.78 is 59.4. The third-order valence-corrected chi connectivity index (χ3v) is 5.52. The first kappa shape index (κ1) is 21.6. The molecule has 12 heteroatoms. The second-order valence-electron chi connectivity index (χ2n) is 7.33. The van der Waals surface area contributed by atoms with Crippen molar-refractivity contribution >= 4 is 40.7 Å². The first-order valence-electron chi connectivity index (χ1n) is 9.02. The average molecular weight is 476 g/mol.